The summed E-state index contributed by atoms with van der Waals surface area (Å²) >= 11 is 1.79. The number of pyridine rings is 1. The number of rotatable bonds is 2. The van der Waals surface area contributed by atoms with Gasteiger partial charge in [-0.05, 0) is 34.2 Å². The summed E-state index contributed by atoms with van der Waals surface area (Å²) in [6, 6.07) is 3.49. The van der Waals surface area contributed by atoms with Crippen LogP contribution < -0.4 is 0 Å². The first-order chi connectivity index (χ1) is 6.16. The van der Waals surface area contributed by atoms with E-state index < -0.39 is 6.43 Å². The van der Waals surface area contributed by atoms with Crippen LogP contribution in [0.5, 0.6) is 0 Å². The predicted octanol–water partition coefficient (Wildman–Crippen LogP) is 2.69. The van der Waals surface area contributed by atoms with E-state index in [1.165, 1.54) is 6.20 Å². The smallest absolute Gasteiger partial charge is 0.254 e. The van der Waals surface area contributed by atoms with Crippen molar-refractivity contribution < 1.29 is 8.78 Å². The molecule has 5 heteroatoms. The summed E-state index contributed by atoms with van der Waals surface area (Å²) in [5.74, 6) is 0. The Labute approximate surface area is 87.7 Å². The van der Waals surface area contributed by atoms with E-state index in [2.05, 4.69) is 4.98 Å². The molecule has 0 atom stereocenters. The standard InChI is InChI=1S/C8H5F2IN2/c9-8(10)7-6(11)5(1-3-12)2-4-13-7/h2,4,8H,1H2. The van der Waals surface area contributed by atoms with Crippen molar-refractivity contribution in [3.8, 4) is 6.07 Å². The van der Waals surface area contributed by atoms with Crippen molar-refractivity contribution in [3.63, 3.8) is 0 Å². The van der Waals surface area contributed by atoms with Crippen LogP contribution in [0.3, 0.4) is 0 Å². The van der Waals surface area contributed by atoms with E-state index in [1.54, 1.807) is 28.7 Å². The van der Waals surface area contributed by atoms with Crippen molar-refractivity contribution in [3.05, 3.63) is 27.1 Å². The molecule has 0 unspecified atom stereocenters. The Bertz CT molecular complexity index is 346. The second kappa shape index (κ2) is 4.46. The molecule has 0 aromatic carbocycles. The molecule has 0 bridgehead atoms. The van der Waals surface area contributed by atoms with Crippen molar-refractivity contribution in [2.24, 2.45) is 0 Å². The molecule has 68 valence electrons. The van der Waals surface area contributed by atoms with Gasteiger partial charge in [-0.2, -0.15) is 5.26 Å². The van der Waals surface area contributed by atoms with Gasteiger partial charge in [-0.1, -0.05) is 0 Å². The summed E-state index contributed by atoms with van der Waals surface area (Å²) in [7, 11) is 0. The molecule has 0 radical (unpaired) electrons. The van der Waals surface area contributed by atoms with Crippen LogP contribution in [0.1, 0.15) is 17.7 Å². The zero-order valence-electron chi connectivity index (χ0n) is 6.47. The molecule has 1 heterocycles. The predicted molar refractivity (Wildman–Crippen MR) is 51.2 cm³/mol. The summed E-state index contributed by atoms with van der Waals surface area (Å²) in [5.41, 5.74) is 0.363. The van der Waals surface area contributed by atoms with Crippen LogP contribution in [-0.2, 0) is 6.42 Å². The van der Waals surface area contributed by atoms with Crippen molar-refractivity contribution in [1.29, 1.82) is 5.26 Å². The summed E-state index contributed by atoms with van der Waals surface area (Å²) in [5, 5.41) is 8.41. The molecule has 0 saturated carbocycles. The molecule has 2 nitrogen and oxygen atoms in total. The van der Waals surface area contributed by atoms with Gasteiger partial charge < -0.3 is 0 Å². The molecule has 1 rings (SSSR count). The number of halogens is 3. The second-order valence-corrected chi connectivity index (χ2v) is 3.38. The molecule has 0 aliphatic carbocycles. The fraction of sp³-hybridized carbons (Fsp3) is 0.250. The number of nitriles is 1. The van der Waals surface area contributed by atoms with Gasteiger partial charge in [0.2, 0.25) is 0 Å². The van der Waals surface area contributed by atoms with E-state index in [0.29, 0.717) is 9.13 Å². The van der Waals surface area contributed by atoms with Gasteiger partial charge in [-0.3, -0.25) is 4.98 Å². The van der Waals surface area contributed by atoms with Gasteiger partial charge in [0.05, 0.1) is 12.5 Å². The number of hydrogen-bond acceptors (Lipinski definition) is 2. The third-order valence-corrected chi connectivity index (χ3v) is 2.72. The van der Waals surface area contributed by atoms with E-state index in [0.717, 1.165) is 0 Å². The highest BCUT2D eigenvalue weighted by atomic mass is 127. The molecular formula is C8H5F2IN2. The molecule has 0 fully saturated rings. The van der Waals surface area contributed by atoms with Gasteiger partial charge >= 0.3 is 0 Å². The lowest BCUT2D eigenvalue weighted by Crippen LogP contribution is -1.98. The lowest BCUT2D eigenvalue weighted by atomic mass is 10.2. The first kappa shape index (κ1) is 10.3. The first-order valence-corrected chi connectivity index (χ1v) is 4.53. The van der Waals surface area contributed by atoms with Gasteiger partial charge in [-0.15, -0.1) is 0 Å². The normalized spacial score (nSPS) is 10.1. The molecule has 0 amide bonds. The Balaban J connectivity index is 3.12. The Hall–Kier alpha value is -0.770. The van der Waals surface area contributed by atoms with Crippen LogP contribution in [-0.4, -0.2) is 4.98 Å². The highest BCUT2D eigenvalue weighted by Gasteiger charge is 2.15. The van der Waals surface area contributed by atoms with E-state index in [1.807, 2.05) is 6.07 Å². The molecule has 13 heavy (non-hydrogen) atoms. The van der Waals surface area contributed by atoms with Crippen LogP contribution in [0.4, 0.5) is 8.78 Å². The average molecular weight is 294 g/mol. The van der Waals surface area contributed by atoms with Crippen LogP contribution >= 0.6 is 22.6 Å². The average Bonchev–Trinajstić information content (AvgIpc) is 2.08. The fourth-order valence-electron chi connectivity index (χ4n) is 0.876. The lowest BCUT2D eigenvalue weighted by molar-refractivity contribution is 0.145. The van der Waals surface area contributed by atoms with E-state index in [9.17, 15) is 8.78 Å². The summed E-state index contributed by atoms with van der Waals surface area (Å²) in [4.78, 5) is 3.55. The second-order valence-electron chi connectivity index (χ2n) is 2.30. The quantitative estimate of drug-likeness (QED) is 0.786. The minimum absolute atomic E-state index is 0.139. The third kappa shape index (κ3) is 2.34. The fourth-order valence-corrected chi connectivity index (χ4v) is 1.62. The molecule has 1 aromatic rings. The van der Waals surface area contributed by atoms with E-state index >= 15 is 0 Å². The van der Waals surface area contributed by atoms with Crippen LogP contribution in [0.25, 0.3) is 0 Å². The van der Waals surface area contributed by atoms with Crippen molar-refractivity contribution >= 4 is 22.6 Å². The summed E-state index contributed by atoms with van der Waals surface area (Å²) in [6.07, 6.45) is -1.14. The Morgan fingerprint density at radius 3 is 2.85 bits per heavy atom. The molecular weight excluding hydrogens is 289 g/mol. The van der Waals surface area contributed by atoms with Crippen LogP contribution in [0, 0.1) is 14.9 Å². The molecule has 0 saturated heterocycles. The maximum absolute atomic E-state index is 12.3. The Morgan fingerprint density at radius 2 is 2.31 bits per heavy atom. The van der Waals surface area contributed by atoms with Gasteiger partial charge in [-0.25, -0.2) is 8.78 Å². The topological polar surface area (TPSA) is 36.7 Å². The Morgan fingerprint density at radius 1 is 1.62 bits per heavy atom. The van der Waals surface area contributed by atoms with E-state index in [-0.39, 0.29) is 12.1 Å². The summed E-state index contributed by atoms with van der Waals surface area (Å²) < 4.78 is 25.0. The Kier molecular flexibility index (Phi) is 3.54. The number of alkyl halides is 2. The van der Waals surface area contributed by atoms with Gasteiger partial charge in [0.1, 0.15) is 5.69 Å². The maximum Gasteiger partial charge on any atom is 0.281 e. The highest BCUT2D eigenvalue weighted by molar-refractivity contribution is 14.1. The molecule has 0 aliphatic rings. The maximum atomic E-state index is 12.3. The largest absolute Gasteiger partial charge is 0.281 e. The number of nitrogens with zero attached hydrogens (tertiary/aromatic N) is 2. The van der Waals surface area contributed by atoms with Gasteiger partial charge in [0, 0.05) is 9.77 Å². The van der Waals surface area contributed by atoms with Gasteiger partial charge in [0.15, 0.2) is 0 Å². The zero-order valence-corrected chi connectivity index (χ0v) is 8.62. The van der Waals surface area contributed by atoms with Crippen LogP contribution in [0.15, 0.2) is 12.3 Å². The zero-order chi connectivity index (χ0) is 9.84. The third-order valence-electron chi connectivity index (χ3n) is 1.47. The highest BCUT2D eigenvalue weighted by Crippen LogP contribution is 2.24. The molecule has 1 aromatic heterocycles. The number of aromatic nitrogens is 1. The monoisotopic (exact) mass is 294 g/mol. The SMILES string of the molecule is N#CCc1ccnc(C(F)F)c1I. The van der Waals surface area contributed by atoms with Crippen molar-refractivity contribution in [2.75, 3.05) is 0 Å². The van der Waals surface area contributed by atoms with E-state index in [4.69, 9.17) is 5.26 Å². The minimum atomic E-state index is -2.58. The molecule has 0 spiro atoms. The van der Waals surface area contributed by atoms with Crippen molar-refractivity contribution in [1.82, 2.24) is 4.98 Å². The van der Waals surface area contributed by atoms with Crippen molar-refractivity contribution in [2.45, 2.75) is 12.8 Å². The molecule has 0 N–H and O–H groups in total. The van der Waals surface area contributed by atoms with Gasteiger partial charge in [0.25, 0.3) is 6.43 Å². The first-order valence-electron chi connectivity index (χ1n) is 3.45. The summed E-state index contributed by atoms with van der Waals surface area (Å²) in [6.45, 7) is 0. The minimum Gasteiger partial charge on any atom is -0.254 e. The number of hydrogen-bond donors (Lipinski definition) is 0. The van der Waals surface area contributed by atoms with Crippen LogP contribution in [0.2, 0.25) is 0 Å². The molecule has 0 aliphatic heterocycles. The lowest BCUT2D eigenvalue weighted by Gasteiger charge is -2.04.